The zero-order valence-electron chi connectivity index (χ0n) is 8.42. The van der Waals surface area contributed by atoms with Crippen molar-refractivity contribution in [3.63, 3.8) is 0 Å². The third-order valence-corrected chi connectivity index (χ3v) is 2.51. The van der Waals surface area contributed by atoms with E-state index in [-0.39, 0.29) is 5.75 Å². The van der Waals surface area contributed by atoms with Crippen LogP contribution in [-0.4, -0.2) is 10.3 Å². The molecule has 16 heavy (non-hydrogen) atoms. The Labute approximate surface area is 91.9 Å². The van der Waals surface area contributed by atoms with Gasteiger partial charge in [0.2, 0.25) is 0 Å². The molecule has 3 heteroatoms. The van der Waals surface area contributed by atoms with Crippen molar-refractivity contribution in [3.8, 4) is 17.1 Å². The van der Waals surface area contributed by atoms with Crippen LogP contribution in [0.5, 0.6) is 5.75 Å². The molecule has 0 spiro atoms. The molecular formula is C13H9NO2. The number of fused-ring (bicyclic) bond motifs is 1. The van der Waals surface area contributed by atoms with Crippen LogP contribution < -0.4 is 0 Å². The third kappa shape index (κ3) is 1.34. The van der Waals surface area contributed by atoms with Crippen molar-refractivity contribution in [1.29, 1.82) is 0 Å². The minimum absolute atomic E-state index is 0.243. The molecule has 1 heterocycles. The second-order valence-electron chi connectivity index (χ2n) is 3.58. The van der Waals surface area contributed by atoms with E-state index in [9.17, 15) is 5.11 Å². The van der Waals surface area contributed by atoms with Gasteiger partial charge in [-0.25, -0.2) is 0 Å². The third-order valence-electron chi connectivity index (χ3n) is 2.51. The van der Waals surface area contributed by atoms with Gasteiger partial charge in [-0.2, -0.15) is 0 Å². The highest BCUT2D eigenvalue weighted by Gasteiger charge is 2.09. The van der Waals surface area contributed by atoms with E-state index in [1.54, 1.807) is 12.1 Å². The van der Waals surface area contributed by atoms with E-state index in [0.717, 1.165) is 22.2 Å². The Morgan fingerprint density at radius 3 is 2.50 bits per heavy atom. The number of aromatic nitrogens is 1. The summed E-state index contributed by atoms with van der Waals surface area (Å²) in [6, 6.07) is 14.6. The lowest BCUT2D eigenvalue weighted by atomic mass is 10.1. The first-order valence-corrected chi connectivity index (χ1v) is 4.98. The molecule has 0 amide bonds. The van der Waals surface area contributed by atoms with Crippen molar-refractivity contribution in [3.05, 3.63) is 48.5 Å². The average molecular weight is 211 g/mol. The molecule has 1 N–H and O–H groups in total. The molecule has 0 atom stereocenters. The number of rotatable bonds is 1. The van der Waals surface area contributed by atoms with Crippen LogP contribution >= 0.6 is 0 Å². The van der Waals surface area contributed by atoms with Crippen molar-refractivity contribution in [2.45, 2.75) is 0 Å². The maximum absolute atomic E-state index is 9.22. The summed E-state index contributed by atoms with van der Waals surface area (Å²) in [6.07, 6.45) is 0. The molecule has 3 aromatic rings. The first-order valence-electron chi connectivity index (χ1n) is 4.98. The van der Waals surface area contributed by atoms with Gasteiger partial charge in [0, 0.05) is 10.9 Å². The molecule has 0 saturated carbocycles. The van der Waals surface area contributed by atoms with E-state index in [1.165, 1.54) is 0 Å². The fourth-order valence-corrected chi connectivity index (χ4v) is 1.71. The summed E-state index contributed by atoms with van der Waals surface area (Å²) in [5.74, 6) is 0.975. The lowest BCUT2D eigenvalue weighted by Crippen LogP contribution is -1.74. The molecule has 3 rings (SSSR count). The van der Waals surface area contributed by atoms with Crippen LogP contribution in [0.2, 0.25) is 0 Å². The molecule has 3 nitrogen and oxygen atoms in total. The average Bonchev–Trinajstić information content (AvgIpc) is 2.74. The van der Waals surface area contributed by atoms with E-state index < -0.39 is 0 Å². The number of benzene rings is 2. The molecule has 0 unspecified atom stereocenters. The largest absolute Gasteiger partial charge is 0.508 e. The van der Waals surface area contributed by atoms with Gasteiger partial charge in [0.05, 0.1) is 0 Å². The lowest BCUT2D eigenvalue weighted by Gasteiger charge is -1.96. The molecule has 1 aromatic heterocycles. The number of aromatic hydroxyl groups is 1. The second-order valence-corrected chi connectivity index (χ2v) is 3.58. The van der Waals surface area contributed by atoms with Crippen molar-refractivity contribution >= 4 is 10.9 Å². The first-order chi connectivity index (χ1) is 7.84. The van der Waals surface area contributed by atoms with E-state index >= 15 is 0 Å². The van der Waals surface area contributed by atoms with Crippen molar-refractivity contribution < 1.29 is 9.63 Å². The number of nitrogens with zero attached hydrogens (tertiary/aromatic N) is 1. The predicted octanol–water partition coefficient (Wildman–Crippen LogP) is 3.20. The van der Waals surface area contributed by atoms with Gasteiger partial charge in [-0.1, -0.05) is 17.3 Å². The van der Waals surface area contributed by atoms with Gasteiger partial charge in [0.25, 0.3) is 0 Å². The molecule has 0 aliphatic carbocycles. The molecular weight excluding hydrogens is 202 g/mol. The number of phenolic OH excluding ortho intramolecular Hbond substituents is 1. The lowest BCUT2D eigenvalue weighted by molar-refractivity contribution is 0.440. The highest BCUT2D eigenvalue weighted by Crippen LogP contribution is 2.29. The van der Waals surface area contributed by atoms with Gasteiger partial charge < -0.3 is 9.63 Å². The minimum atomic E-state index is 0.243. The second kappa shape index (κ2) is 3.38. The van der Waals surface area contributed by atoms with E-state index in [1.807, 2.05) is 36.4 Å². The Hall–Kier alpha value is -2.29. The topological polar surface area (TPSA) is 46.3 Å². The number of hydrogen-bond acceptors (Lipinski definition) is 3. The monoisotopic (exact) mass is 211 g/mol. The van der Waals surface area contributed by atoms with Crippen LogP contribution in [0, 0.1) is 0 Å². The summed E-state index contributed by atoms with van der Waals surface area (Å²) in [4.78, 5) is 0. The van der Waals surface area contributed by atoms with Gasteiger partial charge in [-0.3, -0.25) is 0 Å². The van der Waals surface area contributed by atoms with Crippen molar-refractivity contribution in [1.82, 2.24) is 5.16 Å². The number of hydrogen-bond donors (Lipinski definition) is 1. The van der Waals surface area contributed by atoms with E-state index in [4.69, 9.17) is 4.52 Å². The van der Waals surface area contributed by atoms with Crippen LogP contribution in [0.1, 0.15) is 0 Å². The molecule has 0 saturated heterocycles. The SMILES string of the molecule is Oc1ccc(-c2onc3ccccc23)cc1. The van der Waals surface area contributed by atoms with Crippen molar-refractivity contribution in [2.75, 3.05) is 0 Å². The molecule has 0 radical (unpaired) electrons. The Bertz CT molecular complexity index is 626. The molecule has 78 valence electrons. The van der Waals surface area contributed by atoms with Crippen LogP contribution in [0.3, 0.4) is 0 Å². The highest BCUT2D eigenvalue weighted by molar-refractivity contribution is 5.91. The molecule has 0 aliphatic rings. The Morgan fingerprint density at radius 1 is 0.938 bits per heavy atom. The van der Waals surface area contributed by atoms with Gasteiger partial charge in [0.15, 0.2) is 5.76 Å². The fourth-order valence-electron chi connectivity index (χ4n) is 1.71. The molecule has 0 aliphatic heterocycles. The normalized spacial score (nSPS) is 10.8. The predicted molar refractivity (Wildman–Crippen MR) is 61.1 cm³/mol. The van der Waals surface area contributed by atoms with Gasteiger partial charge in [0.1, 0.15) is 11.3 Å². The quantitative estimate of drug-likeness (QED) is 0.672. The zero-order valence-corrected chi connectivity index (χ0v) is 8.42. The number of phenols is 1. The van der Waals surface area contributed by atoms with Crippen LogP contribution in [0.25, 0.3) is 22.2 Å². The van der Waals surface area contributed by atoms with E-state index in [0.29, 0.717) is 0 Å². The standard InChI is InChI=1S/C13H9NO2/c15-10-7-5-9(6-8-10)13-11-3-1-2-4-12(11)14-16-13/h1-8,15H. The van der Waals surface area contributed by atoms with Gasteiger partial charge in [-0.05, 0) is 36.4 Å². The summed E-state index contributed by atoms with van der Waals surface area (Å²) < 4.78 is 5.31. The minimum Gasteiger partial charge on any atom is -0.508 e. The van der Waals surface area contributed by atoms with Crippen molar-refractivity contribution in [2.24, 2.45) is 0 Å². The van der Waals surface area contributed by atoms with E-state index in [2.05, 4.69) is 5.16 Å². The summed E-state index contributed by atoms with van der Waals surface area (Å²) in [5.41, 5.74) is 1.75. The van der Waals surface area contributed by atoms with Crippen LogP contribution in [-0.2, 0) is 0 Å². The maximum atomic E-state index is 9.22. The summed E-state index contributed by atoms with van der Waals surface area (Å²) in [7, 11) is 0. The zero-order chi connectivity index (χ0) is 11.0. The van der Waals surface area contributed by atoms with Gasteiger partial charge in [-0.15, -0.1) is 0 Å². The maximum Gasteiger partial charge on any atom is 0.174 e. The Balaban J connectivity index is 2.22. The Morgan fingerprint density at radius 2 is 1.69 bits per heavy atom. The summed E-state index contributed by atoms with van der Waals surface area (Å²) >= 11 is 0. The Kier molecular flexibility index (Phi) is 1.90. The first kappa shape index (κ1) is 8.97. The molecule has 0 fully saturated rings. The smallest absolute Gasteiger partial charge is 0.174 e. The van der Waals surface area contributed by atoms with Crippen LogP contribution in [0.15, 0.2) is 53.1 Å². The highest BCUT2D eigenvalue weighted by atomic mass is 16.5. The molecule has 2 aromatic carbocycles. The van der Waals surface area contributed by atoms with Crippen LogP contribution in [0.4, 0.5) is 0 Å². The molecule has 0 bridgehead atoms. The summed E-state index contributed by atoms with van der Waals surface area (Å²) in [6.45, 7) is 0. The van der Waals surface area contributed by atoms with Gasteiger partial charge >= 0.3 is 0 Å². The fraction of sp³-hybridized carbons (Fsp3) is 0. The summed E-state index contributed by atoms with van der Waals surface area (Å²) in [5, 5.41) is 14.2.